The Morgan fingerprint density at radius 3 is 2.40 bits per heavy atom. The molecule has 4 aliphatic carbocycles. The van der Waals surface area contributed by atoms with Gasteiger partial charge in [0.05, 0.1) is 18.3 Å². The van der Waals surface area contributed by atoms with Gasteiger partial charge in [-0.25, -0.2) is 4.79 Å². The maximum atomic E-state index is 11.5. The average Bonchev–Trinajstić information content (AvgIpc) is 3.02. The third-order valence-corrected chi connectivity index (χ3v) is 10.4. The molecule has 4 aliphatic rings. The number of aliphatic hydroxyl groups is 4. The summed E-state index contributed by atoms with van der Waals surface area (Å²) in [5, 5.41) is 51.9. The van der Waals surface area contributed by atoms with Crippen LogP contribution in [0.2, 0.25) is 0 Å². The predicted octanol–water partition coefficient (Wildman–Crippen LogP) is 2.42. The monoisotopic (exact) mass is 424 g/mol. The molecule has 4 saturated carbocycles. The minimum Gasteiger partial charge on any atom is -0.479 e. The number of rotatable bonds is 4. The van der Waals surface area contributed by atoms with Gasteiger partial charge in [-0.15, -0.1) is 0 Å². The Morgan fingerprint density at radius 1 is 1.03 bits per heavy atom. The molecule has 0 spiro atoms. The van der Waals surface area contributed by atoms with Crippen LogP contribution in [0.1, 0.15) is 72.1 Å². The first-order chi connectivity index (χ1) is 14.0. The fourth-order valence-electron chi connectivity index (χ4n) is 8.75. The zero-order chi connectivity index (χ0) is 22.0. The van der Waals surface area contributed by atoms with E-state index in [2.05, 4.69) is 13.8 Å². The van der Waals surface area contributed by atoms with Gasteiger partial charge in [0.15, 0.2) is 6.10 Å². The van der Waals surface area contributed by atoms with Crippen molar-refractivity contribution in [3.8, 4) is 0 Å². The van der Waals surface area contributed by atoms with Gasteiger partial charge < -0.3 is 25.5 Å². The molecular formula is C24H40O6. The summed E-state index contributed by atoms with van der Waals surface area (Å²) in [6, 6.07) is 0. The van der Waals surface area contributed by atoms with E-state index >= 15 is 0 Å². The minimum absolute atomic E-state index is 0.00815. The van der Waals surface area contributed by atoms with E-state index in [9.17, 15) is 25.2 Å². The molecule has 0 saturated heterocycles. The standard InChI is InChI=1S/C24H40O6/c1-12(8-19(27)22(29)30)15-4-5-16-21-17(11-20(28)24(15,16)3)23(2)7-6-14(25)9-13(23)10-18(21)26/h12-21,25-28H,4-11H2,1-3H3,(H,29,30)/t12-,13?,14-,15-,16+,17+,18-,19?,20+,21+,23+,24-/m1/s1. The Bertz CT molecular complexity index is 668. The van der Waals surface area contributed by atoms with Gasteiger partial charge in [-0.3, -0.25) is 0 Å². The van der Waals surface area contributed by atoms with Crippen LogP contribution in [-0.2, 0) is 4.79 Å². The van der Waals surface area contributed by atoms with Crippen molar-refractivity contribution in [2.24, 2.45) is 46.3 Å². The molecular weight excluding hydrogens is 384 g/mol. The van der Waals surface area contributed by atoms with Gasteiger partial charge in [-0.2, -0.15) is 0 Å². The summed E-state index contributed by atoms with van der Waals surface area (Å²) in [6.45, 7) is 6.47. The van der Waals surface area contributed by atoms with Crippen molar-refractivity contribution in [1.29, 1.82) is 0 Å². The SMILES string of the molecule is C[C@H](CC(O)C(=O)O)[C@H]1CC[C@H]2[C@@H]3[C@H](O)CC4C[C@H](O)CC[C@]4(C)[C@H]3C[C@H](O)[C@]12C. The first-order valence-electron chi connectivity index (χ1n) is 11.9. The number of hydrogen-bond donors (Lipinski definition) is 5. The normalized spacial score (nSPS) is 52.6. The summed E-state index contributed by atoms with van der Waals surface area (Å²) < 4.78 is 0. The lowest BCUT2D eigenvalue weighted by molar-refractivity contribution is -0.207. The van der Waals surface area contributed by atoms with Gasteiger partial charge in [0, 0.05) is 0 Å². The van der Waals surface area contributed by atoms with Crippen LogP contribution >= 0.6 is 0 Å². The fourth-order valence-corrected chi connectivity index (χ4v) is 8.75. The summed E-state index contributed by atoms with van der Waals surface area (Å²) >= 11 is 0. The molecule has 0 aliphatic heterocycles. The molecule has 30 heavy (non-hydrogen) atoms. The van der Waals surface area contributed by atoms with Gasteiger partial charge in [0.2, 0.25) is 0 Å². The molecule has 172 valence electrons. The number of carboxylic acids is 1. The smallest absolute Gasteiger partial charge is 0.332 e. The average molecular weight is 425 g/mol. The summed E-state index contributed by atoms with van der Waals surface area (Å²) in [5.41, 5.74) is -0.314. The fraction of sp³-hybridized carbons (Fsp3) is 0.958. The van der Waals surface area contributed by atoms with Crippen LogP contribution in [-0.4, -0.2) is 55.9 Å². The zero-order valence-corrected chi connectivity index (χ0v) is 18.6. The number of hydrogen-bond acceptors (Lipinski definition) is 5. The maximum absolute atomic E-state index is 11.5. The van der Waals surface area contributed by atoms with E-state index in [1.54, 1.807) is 0 Å². The molecule has 4 fully saturated rings. The number of aliphatic hydroxyl groups excluding tert-OH is 4. The molecule has 2 unspecified atom stereocenters. The third-order valence-electron chi connectivity index (χ3n) is 10.4. The van der Waals surface area contributed by atoms with E-state index in [1.807, 2.05) is 6.92 Å². The second kappa shape index (κ2) is 7.72. The number of aliphatic carboxylic acids is 1. The second-order valence-electron chi connectivity index (χ2n) is 11.6. The molecule has 0 aromatic rings. The Kier molecular flexibility index (Phi) is 5.79. The summed E-state index contributed by atoms with van der Waals surface area (Å²) in [6.07, 6.45) is 3.40. The molecule has 0 radical (unpaired) electrons. The zero-order valence-electron chi connectivity index (χ0n) is 18.6. The molecule has 5 N–H and O–H groups in total. The van der Waals surface area contributed by atoms with Crippen LogP contribution in [0.15, 0.2) is 0 Å². The first-order valence-corrected chi connectivity index (χ1v) is 11.9. The van der Waals surface area contributed by atoms with E-state index in [-0.39, 0.29) is 52.9 Å². The predicted molar refractivity (Wildman–Crippen MR) is 111 cm³/mol. The van der Waals surface area contributed by atoms with Crippen molar-refractivity contribution in [2.45, 2.75) is 96.6 Å². The number of carboxylic acid groups (broad SMARTS) is 1. The molecule has 6 heteroatoms. The van der Waals surface area contributed by atoms with Crippen molar-refractivity contribution in [2.75, 3.05) is 0 Å². The molecule has 0 aromatic heterocycles. The lowest BCUT2D eigenvalue weighted by atomic mass is 9.43. The van der Waals surface area contributed by atoms with E-state index in [1.165, 1.54) is 0 Å². The van der Waals surface area contributed by atoms with Crippen molar-refractivity contribution in [3.63, 3.8) is 0 Å². The minimum atomic E-state index is -1.37. The Balaban J connectivity index is 1.61. The van der Waals surface area contributed by atoms with Gasteiger partial charge >= 0.3 is 5.97 Å². The van der Waals surface area contributed by atoms with Gasteiger partial charge in [-0.1, -0.05) is 20.8 Å². The maximum Gasteiger partial charge on any atom is 0.332 e. The molecule has 0 bridgehead atoms. The first kappa shape index (κ1) is 22.5. The summed E-state index contributed by atoms with van der Waals surface area (Å²) in [4.78, 5) is 11.1. The van der Waals surface area contributed by atoms with Crippen LogP contribution in [0.5, 0.6) is 0 Å². The third kappa shape index (κ3) is 3.25. The highest BCUT2D eigenvalue weighted by Gasteiger charge is 2.65. The van der Waals surface area contributed by atoms with Gasteiger partial charge in [0.1, 0.15) is 0 Å². The van der Waals surface area contributed by atoms with E-state index in [0.29, 0.717) is 12.3 Å². The van der Waals surface area contributed by atoms with Crippen LogP contribution in [0.3, 0.4) is 0 Å². The van der Waals surface area contributed by atoms with E-state index in [0.717, 1.165) is 38.5 Å². The van der Waals surface area contributed by atoms with E-state index in [4.69, 9.17) is 5.11 Å². The highest BCUT2D eigenvalue weighted by atomic mass is 16.4. The Hall–Kier alpha value is -0.690. The Labute approximate surface area is 179 Å². The van der Waals surface area contributed by atoms with E-state index < -0.39 is 24.3 Å². The molecule has 0 aromatic carbocycles. The quantitative estimate of drug-likeness (QED) is 0.473. The lowest BCUT2D eigenvalue weighted by Crippen LogP contribution is -2.62. The molecule has 6 nitrogen and oxygen atoms in total. The highest BCUT2D eigenvalue weighted by molar-refractivity contribution is 5.71. The highest BCUT2D eigenvalue weighted by Crippen LogP contribution is 2.68. The van der Waals surface area contributed by atoms with Crippen molar-refractivity contribution in [1.82, 2.24) is 0 Å². The van der Waals surface area contributed by atoms with Crippen LogP contribution < -0.4 is 0 Å². The number of carbonyl (C=O) groups is 1. The van der Waals surface area contributed by atoms with Crippen LogP contribution in [0, 0.1) is 46.3 Å². The van der Waals surface area contributed by atoms with Crippen LogP contribution in [0.4, 0.5) is 0 Å². The van der Waals surface area contributed by atoms with Crippen molar-refractivity contribution < 1.29 is 30.3 Å². The van der Waals surface area contributed by atoms with Gasteiger partial charge in [-0.05, 0) is 97.7 Å². The molecule has 12 atom stereocenters. The largest absolute Gasteiger partial charge is 0.479 e. The molecule has 0 amide bonds. The van der Waals surface area contributed by atoms with Crippen molar-refractivity contribution in [3.05, 3.63) is 0 Å². The second-order valence-corrected chi connectivity index (χ2v) is 11.6. The summed E-state index contributed by atoms with van der Waals surface area (Å²) in [5.74, 6) is -0.144. The molecule has 0 heterocycles. The van der Waals surface area contributed by atoms with Gasteiger partial charge in [0.25, 0.3) is 0 Å². The van der Waals surface area contributed by atoms with Crippen LogP contribution in [0.25, 0.3) is 0 Å². The molecule has 4 rings (SSSR count). The Morgan fingerprint density at radius 2 is 1.73 bits per heavy atom. The topological polar surface area (TPSA) is 118 Å². The lowest BCUT2D eigenvalue weighted by Gasteiger charge is -2.63. The number of fused-ring (bicyclic) bond motifs is 5. The van der Waals surface area contributed by atoms with Crippen molar-refractivity contribution >= 4 is 5.97 Å². The summed E-state index contributed by atoms with van der Waals surface area (Å²) in [7, 11) is 0.